The van der Waals surface area contributed by atoms with Gasteiger partial charge in [0.05, 0.1) is 0 Å². The van der Waals surface area contributed by atoms with Crippen LogP contribution in [-0.2, 0) is 10.0 Å². The number of hydrogen-bond acceptors (Lipinski definition) is 4. The van der Waals surface area contributed by atoms with E-state index in [-0.39, 0.29) is 10.9 Å². The number of piperidine rings is 1. The first-order valence-corrected chi connectivity index (χ1v) is 9.74. The van der Waals surface area contributed by atoms with Gasteiger partial charge in [0, 0.05) is 26.7 Å². The lowest BCUT2D eigenvalue weighted by Crippen LogP contribution is -2.47. The Kier molecular flexibility index (Phi) is 5.36. The van der Waals surface area contributed by atoms with Crippen LogP contribution in [0.3, 0.4) is 0 Å². The molecule has 0 saturated carbocycles. The van der Waals surface area contributed by atoms with Crippen LogP contribution in [0.5, 0.6) is 0 Å². The van der Waals surface area contributed by atoms with Crippen LogP contribution in [-0.4, -0.2) is 39.0 Å². The highest BCUT2D eigenvalue weighted by Crippen LogP contribution is 2.33. The molecular formula is C13H19Br2N3O2S. The monoisotopic (exact) mass is 439 g/mol. The lowest BCUT2D eigenvalue weighted by molar-refractivity contribution is 0.178. The summed E-state index contributed by atoms with van der Waals surface area (Å²) in [5, 5.41) is 0. The summed E-state index contributed by atoms with van der Waals surface area (Å²) in [6.07, 6.45) is 1.62. The van der Waals surface area contributed by atoms with Crippen LogP contribution in [0, 0.1) is 0 Å². The second-order valence-electron chi connectivity index (χ2n) is 5.49. The SMILES string of the molecule is CC1CC(NS(=O)(=O)c2c(Br)cc(N)cc2Br)CCN1C. The Bertz CT molecular complexity index is 613. The summed E-state index contributed by atoms with van der Waals surface area (Å²) in [6, 6.07) is 3.51. The minimum absolute atomic E-state index is 0.0439. The fourth-order valence-electron chi connectivity index (χ4n) is 2.51. The zero-order valence-corrected chi connectivity index (χ0v) is 15.9. The Labute approximate surface area is 142 Å². The zero-order valence-electron chi connectivity index (χ0n) is 11.9. The van der Waals surface area contributed by atoms with Crippen molar-refractivity contribution in [2.24, 2.45) is 0 Å². The van der Waals surface area contributed by atoms with Crippen LogP contribution in [0.1, 0.15) is 19.8 Å². The fraction of sp³-hybridized carbons (Fsp3) is 0.538. The van der Waals surface area contributed by atoms with Crippen molar-refractivity contribution in [3.63, 3.8) is 0 Å². The van der Waals surface area contributed by atoms with E-state index in [9.17, 15) is 8.42 Å². The average Bonchev–Trinajstić information content (AvgIpc) is 2.31. The molecule has 0 radical (unpaired) electrons. The lowest BCUT2D eigenvalue weighted by Gasteiger charge is -2.35. The van der Waals surface area contributed by atoms with E-state index in [2.05, 4.69) is 55.5 Å². The lowest BCUT2D eigenvalue weighted by atomic mass is 10.0. The molecule has 0 spiro atoms. The number of rotatable bonds is 3. The predicted molar refractivity (Wildman–Crippen MR) is 91.7 cm³/mol. The molecule has 0 aromatic heterocycles. The first kappa shape index (κ1) is 17.2. The number of likely N-dealkylation sites (tertiary alicyclic amines) is 1. The molecule has 1 saturated heterocycles. The van der Waals surface area contributed by atoms with Crippen LogP contribution in [0.4, 0.5) is 5.69 Å². The fourth-order valence-corrected chi connectivity index (χ4v) is 6.41. The number of nitrogens with two attached hydrogens (primary N) is 1. The van der Waals surface area contributed by atoms with Gasteiger partial charge in [-0.1, -0.05) is 0 Å². The number of benzene rings is 1. The van der Waals surface area contributed by atoms with E-state index in [1.54, 1.807) is 12.1 Å². The van der Waals surface area contributed by atoms with E-state index >= 15 is 0 Å². The Balaban J connectivity index is 2.24. The van der Waals surface area contributed by atoms with Crippen LogP contribution in [0.2, 0.25) is 0 Å². The molecule has 1 aliphatic heterocycles. The molecule has 118 valence electrons. The Hall–Kier alpha value is -0.150. The van der Waals surface area contributed by atoms with Gasteiger partial charge >= 0.3 is 0 Å². The highest BCUT2D eigenvalue weighted by Gasteiger charge is 2.29. The van der Waals surface area contributed by atoms with Gasteiger partial charge in [0.15, 0.2) is 0 Å². The first-order chi connectivity index (χ1) is 9.70. The summed E-state index contributed by atoms with van der Waals surface area (Å²) in [5.74, 6) is 0. The summed E-state index contributed by atoms with van der Waals surface area (Å²) in [6.45, 7) is 2.99. The molecular weight excluding hydrogens is 422 g/mol. The molecule has 1 fully saturated rings. The summed E-state index contributed by atoms with van der Waals surface area (Å²) < 4.78 is 29.0. The summed E-state index contributed by atoms with van der Waals surface area (Å²) in [5.41, 5.74) is 6.21. The Morgan fingerprint density at radius 2 is 1.90 bits per heavy atom. The maximum absolute atomic E-state index is 12.6. The maximum atomic E-state index is 12.6. The van der Waals surface area contributed by atoms with Gasteiger partial charge in [-0.05, 0) is 77.4 Å². The van der Waals surface area contributed by atoms with E-state index in [4.69, 9.17) is 5.73 Å². The highest BCUT2D eigenvalue weighted by atomic mass is 79.9. The third-order valence-electron chi connectivity index (χ3n) is 3.82. The number of hydrogen-bond donors (Lipinski definition) is 2. The molecule has 0 bridgehead atoms. The van der Waals surface area contributed by atoms with Crippen molar-refractivity contribution in [2.45, 2.75) is 36.7 Å². The van der Waals surface area contributed by atoms with Gasteiger partial charge in [0.1, 0.15) is 4.90 Å². The molecule has 21 heavy (non-hydrogen) atoms. The smallest absolute Gasteiger partial charge is 0.243 e. The van der Waals surface area contributed by atoms with Crippen molar-refractivity contribution in [1.82, 2.24) is 9.62 Å². The molecule has 1 heterocycles. The summed E-state index contributed by atoms with van der Waals surface area (Å²) in [7, 11) is -1.54. The largest absolute Gasteiger partial charge is 0.399 e. The van der Waals surface area contributed by atoms with E-state index < -0.39 is 10.0 Å². The zero-order chi connectivity index (χ0) is 15.8. The van der Waals surface area contributed by atoms with Gasteiger partial charge in [0.25, 0.3) is 0 Å². The van der Waals surface area contributed by atoms with Crippen LogP contribution in [0.15, 0.2) is 26.0 Å². The number of nitrogens with zero attached hydrogens (tertiary/aromatic N) is 1. The molecule has 2 rings (SSSR count). The van der Waals surface area contributed by atoms with E-state index in [0.717, 1.165) is 19.4 Å². The van der Waals surface area contributed by atoms with Crippen LogP contribution in [0.25, 0.3) is 0 Å². The Morgan fingerprint density at radius 3 is 2.43 bits per heavy atom. The van der Waals surface area contributed by atoms with Gasteiger partial charge in [-0.15, -0.1) is 0 Å². The molecule has 8 heteroatoms. The van der Waals surface area contributed by atoms with Crippen molar-refractivity contribution >= 4 is 47.6 Å². The molecule has 2 unspecified atom stereocenters. The first-order valence-electron chi connectivity index (χ1n) is 6.68. The van der Waals surface area contributed by atoms with Gasteiger partial charge in [-0.3, -0.25) is 0 Å². The van der Waals surface area contributed by atoms with Crippen molar-refractivity contribution in [2.75, 3.05) is 19.3 Å². The molecule has 3 N–H and O–H groups in total. The number of sulfonamides is 1. The minimum Gasteiger partial charge on any atom is -0.399 e. The predicted octanol–water partition coefficient (Wildman–Crippen LogP) is 2.55. The molecule has 2 atom stereocenters. The maximum Gasteiger partial charge on any atom is 0.243 e. The Morgan fingerprint density at radius 1 is 1.33 bits per heavy atom. The average molecular weight is 441 g/mol. The summed E-state index contributed by atoms with van der Waals surface area (Å²) >= 11 is 6.57. The third kappa shape index (κ3) is 3.98. The third-order valence-corrected chi connectivity index (χ3v) is 7.22. The number of nitrogen functional groups attached to an aromatic ring is 1. The second-order valence-corrected chi connectivity index (χ2v) is 8.85. The van der Waals surface area contributed by atoms with E-state index in [0.29, 0.717) is 20.7 Å². The second kappa shape index (κ2) is 6.54. The van der Waals surface area contributed by atoms with Crippen molar-refractivity contribution < 1.29 is 8.42 Å². The van der Waals surface area contributed by atoms with Gasteiger partial charge in [0.2, 0.25) is 10.0 Å². The van der Waals surface area contributed by atoms with Crippen molar-refractivity contribution in [1.29, 1.82) is 0 Å². The van der Waals surface area contributed by atoms with Crippen molar-refractivity contribution in [3.05, 3.63) is 21.1 Å². The number of anilines is 1. The van der Waals surface area contributed by atoms with Crippen LogP contribution >= 0.6 is 31.9 Å². The molecule has 1 aromatic rings. The van der Waals surface area contributed by atoms with E-state index in [1.165, 1.54) is 0 Å². The topological polar surface area (TPSA) is 75.4 Å². The van der Waals surface area contributed by atoms with Gasteiger partial charge in [-0.2, -0.15) is 0 Å². The quantitative estimate of drug-likeness (QED) is 0.708. The summed E-state index contributed by atoms with van der Waals surface area (Å²) in [4.78, 5) is 2.43. The van der Waals surface area contributed by atoms with E-state index in [1.807, 2.05) is 0 Å². The van der Waals surface area contributed by atoms with Gasteiger partial charge in [-0.25, -0.2) is 13.1 Å². The van der Waals surface area contributed by atoms with Gasteiger partial charge < -0.3 is 10.6 Å². The highest BCUT2D eigenvalue weighted by molar-refractivity contribution is 9.11. The molecule has 1 aromatic carbocycles. The molecule has 0 amide bonds. The van der Waals surface area contributed by atoms with Crippen LogP contribution < -0.4 is 10.5 Å². The molecule has 5 nitrogen and oxygen atoms in total. The number of halogens is 2. The standard InChI is InChI=1S/C13H19Br2N3O2S/c1-8-5-10(3-4-18(8)2)17-21(19,20)13-11(14)6-9(16)7-12(13)15/h6-8,10,17H,3-5,16H2,1-2H3. The number of nitrogens with one attached hydrogen (secondary N) is 1. The normalized spacial score (nSPS) is 24.2. The molecule has 0 aliphatic carbocycles. The molecule has 1 aliphatic rings. The van der Waals surface area contributed by atoms with Crippen molar-refractivity contribution in [3.8, 4) is 0 Å². The minimum atomic E-state index is -3.60.